The van der Waals surface area contributed by atoms with Crippen LogP contribution in [0.1, 0.15) is 44.3 Å². The van der Waals surface area contributed by atoms with Crippen LogP contribution < -0.4 is 4.74 Å². The van der Waals surface area contributed by atoms with E-state index in [1.807, 2.05) is 33.0 Å². The molecule has 9 heteroatoms. The van der Waals surface area contributed by atoms with Crippen molar-refractivity contribution in [2.75, 3.05) is 7.11 Å². The Hall–Kier alpha value is -3.75. The van der Waals surface area contributed by atoms with Crippen molar-refractivity contribution in [3.63, 3.8) is 0 Å². The minimum Gasteiger partial charge on any atom is -0.496 e. The summed E-state index contributed by atoms with van der Waals surface area (Å²) >= 11 is 0. The van der Waals surface area contributed by atoms with Crippen molar-refractivity contribution in [3.05, 3.63) is 73.9 Å². The first-order valence-corrected chi connectivity index (χ1v) is 9.72. The number of benzene rings is 1. The van der Waals surface area contributed by atoms with Crippen LogP contribution in [0.5, 0.6) is 5.75 Å². The Morgan fingerprint density at radius 2 is 1.87 bits per heavy atom. The van der Waals surface area contributed by atoms with Crippen LogP contribution in [0.2, 0.25) is 0 Å². The Morgan fingerprint density at radius 1 is 1.16 bits per heavy atom. The lowest BCUT2D eigenvalue weighted by molar-refractivity contribution is -0.386. The highest BCUT2D eigenvalue weighted by Gasteiger charge is 2.22. The molecule has 1 aromatic carbocycles. The third-order valence-corrected chi connectivity index (χ3v) is 5.33. The standard InChI is InChI=1S/C22H25N5O4/c1-13-21(15(3)25(5)23-13)19(28)9-7-17-8-10-20(31-6)18(11-17)12-26-16(4)22(27(29)30)14(2)24-26/h7-11H,12H2,1-6H3/b9-7+. The lowest BCUT2D eigenvalue weighted by Gasteiger charge is -2.11. The van der Waals surface area contributed by atoms with E-state index >= 15 is 0 Å². The van der Waals surface area contributed by atoms with Crippen molar-refractivity contribution >= 4 is 17.5 Å². The third-order valence-electron chi connectivity index (χ3n) is 5.33. The average molecular weight is 423 g/mol. The second-order valence-electron chi connectivity index (χ2n) is 7.37. The van der Waals surface area contributed by atoms with Crippen LogP contribution in [0.4, 0.5) is 5.69 Å². The van der Waals surface area contributed by atoms with Crippen molar-refractivity contribution in [1.82, 2.24) is 19.6 Å². The van der Waals surface area contributed by atoms with Gasteiger partial charge in [-0.05, 0) is 51.5 Å². The highest BCUT2D eigenvalue weighted by atomic mass is 16.6. The Kier molecular flexibility index (Phi) is 6.05. The molecule has 0 amide bonds. The molecule has 0 aliphatic carbocycles. The first kappa shape index (κ1) is 21.9. The van der Waals surface area contributed by atoms with Gasteiger partial charge in [0.1, 0.15) is 17.1 Å². The van der Waals surface area contributed by atoms with E-state index in [1.54, 1.807) is 42.5 Å². The number of ether oxygens (including phenoxy) is 1. The fraction of sp³-hybridized carbons (Fsp3) is 0.318. The molecule has 3 rings (SSSR count). The van der Waals surface area contributed by atoms with Gasteiger partial charge in [-0.1, -0.05) is 12.1 Å². The van der Waals surface area contributed by atoms with Crippen molar-refractivity contribution in [3.8, 4) is 5.75 Å². The normalized spacial score (nSPS) is 11.3. The largest absolute Gasteiger partial charge is 0.496 e. The molecule has 0 radical (unpaired) electrons. The van der Waals surface area contributed by atoms with Crippen LogP contribution in [0.3, 0.4) is 0 Å². The molecular weight excluding hydrogens is 398 g/mol. The zero-order valence-electron chi connectivity index (χ0n) is 18.5. The summed E-state index contributed by atoms with van der Waals surface area (Å²) in [4.78, 5) is 23.5. The van der Waals surface area contributed by atoms with Crippen LogP contribution in [0.25, 0.3) is 6.08 Å². The van der Waals surface area contributed by atoms with E-state index in [1.165, 1.54) is 6.08 Å². The Morgan fingerprint density at radius 3 is 2.42 bits per heavy atom. The van der Waals surface area contributed by atoms with Crippen LogP contribution >= 0.6 is 0 Å². The molecule has 0 bridgehead atoms. The molecular formula is C22H25N5O4. The molecule has 9 nitrogen and oxygen atoms in total. The molecule has 0 atom stereocenters. The number of hydrogen-bond donors (Lipinski definition) is 0. The number of ketones is 1. The number of rotatable bonds is 7. The van der Waals surface area contributed by atoms with Crippen LogP contribution in [0, 0.1) is 37.8 Å². The number of aromatic nitrogens is 4. The number of carbonyl (C=O) groups excluding carboxylic acids is 1. The lowest BCUT2D eigenvalue weighted by Crippen LogP contribution is -2.06. The first-order chi connectivity index (χ1) is 14.6. The summed E-state index contributed by atoms with van der Waals surface area (Å²) in [6.07, 6.45) is 3.26. The summed E-state index contributed by atoms with van der Waals surface area (Å²) in [5.74, 6) is 0.521. The second kappa shape index (κ2) is 8.55. The Bertz CT molecular complexity index is 1200. The summed E-state index contributed by atoms with van der Waals surface area (Å²) in [6, 6.07) is 5.53. The van der Waals surface area contributed by atoms with E-state index in [0.717, 1.165) is 16.8 Å². The molecule has 3 aromatic rings. The zero-order valence-corrected chi connectivity index (χ0v) is 18.5. The lowest BCUT2D eigenvalue weighted by atomic mass is 10.1. The van der Waals surface area contributed by atoms with Gasteiger partial charge in [0.25, 0.3) is 0 Å². The quantitative estimate of drug-likeness (QED) is 0.248. The molecule has 0 aliphatic rings. The molecule has 2 heterocycles. The van der Waals surface area contributed by atoms with Gasteiger partial charge in [-0.3, -0.25) is 24.3 Å². The molecule has 31 heavy (non-hydrogen) atoms. The molecule has 0 saturated carbocycles. The number of nitrogens with zero attached hydrogens (tertiary/aromatic N) is 5. The van der Waals surface area contributed by atoms with Gasteiger partial charge in [0.15, 0.2) is 5.78 Å². The highest BCUT2D eigenvalue weighted by Crippen LogP contribution is 2.26. The van der Waals surface area contributed by atoms with E-state index < -0.39 is 4.92 Å². The minimum absolute atomic E-state index is 0.0165. The van der Waals surface area contributed by atoms with E-state index in [0.29, 0.717) is 34.9 Å². The second-order valence-corrected chi connectivity index (χ2v) is 7.37. The number of carbonyl (C=O) groups is 1. The van der Waals surface area contributed by atoms with Gasteiger partial charge in [0, 0.05) is 18.3 Å². The summed E-state index contributed by atoms with van der Waals surface area (Å²) in [5, 5.41) is 19.9. The van der Waals surface area contributed by atoms with Gasteiger partial charge >= 0.3 is 5.69 Å². The highest BCUT2D eigenvalue weighted by molar-refractivity contribution is 6.08. The van der Waals surface area contributed by atoms with Crippen LogP contribution in [-0.4, -0.2) is 37.4 Å². The fourth-order valence-electron chi connectivity index (χ4n) is 3.68. The molecule has 0 unspecified atom stereocenters. The number of nitro groups is 1. The van der Waals surface area contributed by atoms with Crippen LogP contribution in [0.15, 0.2) is 24.3 Å². The number of allylic oxidation sites excluding steroid dienone is 1. The average Bonchev–Trinajstić information content (AvgIpc) is 3.13. The topological polar surface area (TPSA) is 105 Å². The van der Waals surface area contributed by atoms with Gasteiger partial charge < -0.3 is 4.74 Å². The SMILES string of the molecule is COc1ccc(/C=C/C(=O)c2c(C)nn(C)c2C)cc1Cn1nc(C)c([N+](=O)[O-])c1C. The maximum Gasteiger partial charge on any atom is 0.312 e. The third kappa shape index (κ3) is 4.25. The van der Waals surface area contributed by atoms with Gasteiger partial charge in [-0.25, -0.2) is 0 Å². The van der Waals surface area contributed by atoms with Gasteiger partial charge in [0.2, 0.25) is 0 Å². The van der Waals surface area contributed by atoms with E-state index in [9.17, 15) is 14.9 Å². The number of methoxy groups -OCH3 is 1. The van der Waals surface area contributed by atoms with Crippen molar-refractivity contribution in [1.29, 1.82) is 0 Å². The molecule has 2 aromatic heterocycles. The van der Waals surface area contributed by atoms with Gasteiger partial charge in [-0.15, -0.1) is 0 Å². The monoisotopic (exact) mass is 423 g/mol. The first-order valence-electron chi connectivity index (χ1n) is 9.72. The molecule has 0 fully saturated rings. The Labute approximate surface area is 180 Å². The molecule has 162 valence electrons. The molecule has 0 aliphatic heterocycles. The summed E-state index contributed by atoms with van der Waals surface area (Å²) in [6.45, 7) is 7.27. The molecule has 0 N–H and O–H groups in total. The van der Waals surface area contributed by atoms with Gasteiger partial charge in [0.05, 0.1) is 29.8 Å². The predicted molar refractivity (Wildman–Crippen MR) is 116 cm³/mol. The van der Waals surface area contributed by atoms with Crippen molar-refractivity contribution in [2.45, 2.75) is 34.2 Å². The summed E-state index contributed by atoms with van der Waals surface area (Å²) in [5.41, 5.74) is 4.56. The number of aryl methyl sites for hydroxylation is 3. The minimum atomic E-state index is -0.418. The van der Waals surface area contributed by atoms with E-state index in [2.05, 4.69) is 10.2 Å². The smallest absolute Gasteiger partial charge is 0.312 e. The molecule has 0 saturated heterocycles. The summed E-state index contributed by atoms with van der Waals surface area (Å²) < 4.78 is 8.73. The fourth-order valence-corrected chi connectivity index (χ4v) is 3.68. The van der Waals surface area contributed by atoms with Gasteiger partial charge in [-0.2, -0.15) is 10.2 Å². The molecule has 0 spiro atoms. The van der Waals surface area contributed by atoms with Crippen molar-refractivity contribution < 1.29 is 14.5 Å². The predicted octanol–water partition coefficient (Wildman–Crippen LogP) is 3.71. The van der Waals surface area contributed by atoms with E-state index in [-0.39, 0.29) is 11.5 Å². The van der Waals surface area contributed by atoms with Crippen molar-refractivity contribution in [2.24, 2.45) is 7.05 Å². The maximum atomic E-state index is 12.7. The Balaban J connectivity index is 1.91. The maximum absolute atomic E-state index is 12.7. The summed E-state index contributed by atoms with van der Waals surface area (Å²) in [7, 11) is 3.37. The number of hydrogen-bond acceptors (Lipinski definition) is 6. The zero-order chi connectivity index (χ0) is 22.9. The van der Waals surface area contributed by atoms with Crippen LogP contribution in [-0.2, 0) is 13.6 Å². The van der Waals surface area contributed by atoms with E-state index in [4.69, 9.17) is 4.74 Å².